The van der Waals surface area contributed by atoms with E-state index in [0.717, 1.165) is 12.1 Å². The van der Waals surface area contributed by atoms with Gasteiger partial charge >= 0.3 is 0 Å². The van der Waals surface area contributed by atoms with Gasteiger partial charge in [0.25, 0.3) is 11.8 Å². The Morgan fingerprint density at radius 3 is 2.86 bits per heavy atom. The Labute approximate surface area is 161 Å². The van der Waals surface area contributed by atoms with Crippen molar-refractivity contribution in [3.8, 4) is 5.75 Å². The molecule has 1 aromatic carbocycles. The van der Waals surface area contributed by atoms with Crippen LogP contribution in [0.1, 0.15) is 40.1 Å². The third kappa shape index (κ3) is 4.00. The minimum absolute atomic E-state index is 0.0191. The molecule has 0 N–H and O–H groups in total. The van der Waals surface area contributed by atoms with Gasteiger partial charge in [0, 0.05) is 30.9 Å². The molecule has 0 radical (unpaired) electrons. The van der Waals surface area contributed by atoms with Gasteiger partial charge in [0.2, 0.25) is 0 Å². The molecule has 2 aromatic heterocycles. The van der Waals surface area contributed by atoms with Crippen LogP contribution in [0.2, 0.25) is 0 Å². The zero-order valence-corrected chi connectivity index (χ0v) is 15.3. The van der Waals surface area contributed by atoms with Crippen LogP contribution in [0.4, 0.5) is 4.39 Å². The summed E-state index contributed by atoms with van der Waals surface area (Å²) in [5, 5.41) is 4.03. The van der Waals surface area contributed by atoms with E-state index in [2.05, 4.69) is 15.1 Å². The highest BCUT2D eigenvalue weighted by Gasteiger charge is 2.31. The molecule has 1 aliphatic rings. The average Bonchev–Trinajstić information content (AvgIpc) is 3.37. The molecule has 144 valence electrons. The van der Waals surface area contributed by atoms with Gasteiger partial charge in [-0.25, -0.2) is 4.39 Å². The first-order chi connectivity index (χ1) is 13.6. The third-order valence-corrected chi connectivity index (χ3v) is 4.66. The molecule has 1 aliphatic heterocycles. The quantitative estimate of drug-likeness (QED) is 0.674. The maximum Gasteiger partial charge on any atom is 0.264 e. The van der Waals surface area contributed by atoms with Crippen LogP contribution in [-0.4, -0.2) is 39.0 Å². The Balaban J connectivity index is 1.35. The van der Waals surface area contributed by atoms with Crippen LogP contribution < -0.4 is 4.74 Å². The molecular weight excluding hydrogens is 363 g/mol. The molecule has 0 saturated carbocycles. The van der Waals surface area contributed by atoms with Crippen LogP contribution in [-0.2, 0) is 6.61 Å². The topological polar surface area (TPSA) is 81.4 Å². The van der Waals surface area contributed by atoms with E-state index in [-0.39, 0.29) is 24.2 Å². The van der Waals surface area contributed by atoms with Gasteiger partial charge in [0.1, 0.15) is 11.6 Å². The second-order valence-corrected chi connectivity index (χ2v) is 6.71. The SMILES string of the molecule is Cc1ccc(C(=O)N2CCC(c3noc(COc4ccc(F)cc4)n3)C2)cn1. The van der Waals surface area contributed by atoms with Crippen molar-refractivity contribution in [3.05, 3.63) is 71.4 Å². The Kier molecular flexibility index (Phi) is 5.01. The predicted molar refractivity (Wildman–Crippen MR) is 97.3 cm³/mol. The fourth-order valence-corrected chi connectivity index (χ4v) is 3.10. The van der Waals surface area contributed by atoms with Crippen molar-refractivity contribution in [2.24, 2.45) is 0 Å². The maximum atomic E-state index is 12.9. The van der Waals surface area contributed by atoms with Crippen LogP contribution in [0.15, 0.2) is 47.1 Å². The van der Waals surface area contributed by atoms with Gasteiger partial charge in [0.15, 0.2) is 12.4 Å². The molecule has 28 heavy (non-hydrogen) atoms. The van der Waals surface area contributed by atoms with Crippen LogP contribution >= 0.6 is 0 Å². The molecule has 3 heterocycles. The fourth-order valence-electron chi connectivity index (χ4n) is 3.10. The number of aromatic nitrogens is 3. The second kappa shape index (κ2) is 7.75. The van der Waals surface area contributed by atoms with Crippen molar-refractivity contribution in [2.45, 2.75) is 25.9 Å². The number of hydrogen-bond acceptors (Lipinski definition) is 6. The van der Waals surface area contributed by atoms with Crippen LogP contribution in [0, 0.1) is 12.7 Å². The molecule has 1 atom stereocenters. The standard InChI is InChI=1S/C20H19FN4O3/c1-13-2-3-14(10-22-13)20(26)25-9-8-15(11-25)19-23-18(28-24-19)12-27-17-6-4-16(21)5-7-17/h2-7,10,15H,8-9,11-12H2,1H3. The van der Waals surface area contributed by atoms with Crippen molar-refractivity contribution in [1.29, 1.82) is 0 Å². The number of ether oxygens (including phenoxy) is 1. The molecule has 1 amide bonds. The third-order valence-electron chi connectivity index (χ3n) is 4.66. The summed E-state index contributed by atoms with van der Waals surface area (Å²) in [7, 11) is 0. The largest absolute Gasteiger partial charge is 0.484 e. The Hall–Kier alpha value is -3.29. The number of pyridine rings is 1. The zero-order valence-electron chi connectivity index (χ0n) is 15.3. The summed E-state index contributed by atoms with van der Waals surface area (Å²) in [5.74, 6) is 1.07. The molecule has 0 spiro atoms. The van der Waals surface area contributed by atoms with Gasteiger partial charge in [-0.3, -0.25) is 9.78 Å². The monoisotopic (exact) mass is 382 g/mol. The summed E-state index contributed by atoms with van der Waals surface area (Å²) in [6.45, 7) is 3.15. The van der Waals surface area contributed by atoms with E-state index in [0.29, 0.717) is 36.1 Å². The highest BCUT2D eigenvalue weighted by atomic mass is 19.1. The molecular formula is C20H19FN4O3. The number of carbonyl (C=O) groups excluding carboxylic acids is 1. The lowest BCUT2D eigenvalue weighted by Crippen LogP contribution is -2.28. The van der Waals surface area contributed by atoms with Crippen LogP contribution in [0.3, 0.4) is 0 Å². The lowest BCUT2D eigenvalue weighted by atomic mass is 10.1. The van der Waals surface area contributed by atoms with Crippen molar-refractivity contribution in [2.75, 3.05) is 13.1 Å². The number of benzene rings is 1. The molecule has 1 saturated heterocycles. The van der Waals surface area contributed by atoms with Gasteiger partial charge in [-0.1, -0.05) is 5.16 Å². The van der Waals surface area contributed by atoms with E-state index < -0.39 is 0 Å². The lowest BCUT2D eigenvalue weighted by Gasteiger charge is -2.15. The molecule has 8 heteroatoms. The van der Waals surface area contributed by atoms with Crippen LogP contribution in [0.25, 0.3) is 0 Å². The molecule has 0 aliphatic carbocycles. The summed E-state index contributed by atoms with van der Waals surface area (Å²) in [6.07, 6.45) is 2.37. The number of carbonyl (C=O) groups is 1. The lowest BCUT2D eigenvalue weighted by molar-refractivity contribution is 0.0790. The predicted octanol–water partition coefficient (Wildman–Crippen LogP) is 3.12. The van der Waals surface area contributed by atoms with Gasteiger partial charge in [-0.05, 0) is 49.7 Å². The molecule has 1 unspecified atom stereocenters. The minimum atomic E-state index is -0.325. The van der Waals surface area contributed by atoms with Gasteiger partial charge in [0.05, 0.1) is 5.56 Å². The number of hydrogen-bond donors (Lipinski definition) is 0. The Bertz CT molecular complexity index is 956. The number of nitrogens with zero attached hydrogens (tertiary/aromatic N) is 4. The van der Waals surface area contributed by atoms with E-state index in [4.69, 9.17) is 9.26 Å². The molecule has 7 nitrogen and oxygen atoms in total. The highest BCUT2D eigenvalue weighted by molar-refractivity contribution is 5.94. The Morgan fingerprint density at radius 2 is 2.11 bits per heavy atom. The minimum Gasteiger partial charge on any atom is -0.484 e. The van der Waals surface area contributed by atoms with Crippen molar-refractivity contribution in [3.63, 3.8) is 0 Å². The summed E-state index contributed by atoms with van der Waals surface area (Å²) in [5.41, 5.74) is 1.45. The van der Waals surface area contributed by atoms with E-state index in [1.807, 2.05) is 13.0 Å². The summed E-state index contributed by atoms with van der Waals surface area (Å²) in [4.78, 5) is 22.9. The summed E-state index contributed by atoms with van der Waals surface area (Å²) >= 11 is 0. The zero-order chi connectivity index (χ0) is 19.5. The van der Waals surface area contributed by atoms with Gasteiger partial charge < -0.3 is 14.2 Å². The first kappa shape index (κ1) is 18.1. The normalized spacial score (nSPS) is 16.4. The first-order valence-corrected chi connectivity index (χ1v) is 9.01. The molecule has 1 fully saturated rings. The number of rotatable bonds is 5. The van der Waals surface area contributed by atoms with E-state index in [1.54, 1.807) is 17.2 Å². The highest BCUT2D eigenvalue weighted by Crippen LogP contribution is 2.26. The molecule has 3 aromatic rings. The average molecular weight is 382 g/mol. The van der Waals surface area contributed by atoms with Crippen molar-refractivity contribution >= 4 is 5.91 Å². The smallest absolute Gasteiger partial charge is 0.264 e. The van der Waals surface area contributed by atoms with Crippen LogP contribution in [0.5, 0.6) is 5.75 Å². The van der Waals surface area contributed by atoms with E-state index in [1.165, 1.54) is 24.3 Å². The number of halogens is 1. The summed E-state index contributed by atoms with van der Waals surface area (Å²) in [6, 6.07) is 9.33. The maximum absolute atomic E-state index is 12.9. The second-order valence-electron chi connectivity index (χ2n) is 6.71. The number of amides is 1. The van der Waals surface area contributed by atoms with Gasteiger partial charge in [-0.15, -0.1) is 0 Å². The van der Waals surface area contributed by atoms with Crippen molar-refractivity contribution in [1.82, 2.24) is 20.0 Å². The van der Waals surface area contributed by atoms with E-state index >= 15 is 0 Å². The molecule has 4 rings (SSSR count). The fraction of sp³-hybridized carbons (Fsp3) is 0.300. The molecule has 0 bridgehead atoms. The summed E-state index contributed by atoms with van der Waals surface area (Å²) < 4.78 is 23.7. The van der Waals surface area contributed by atoms with Gasteiger partial charge in [-0.2, -0.15) is 4.98 Å². The first-order valence-electron chi connectivity index (χ1n) is 9.01. The van der Waals surface area contributed by atoms with Crippen molar-refractivity contribution < 1.29 is 18.4 Å². The Morgan fingerprint density at radius 1 is 1.29 bits per heavy atom. The van der Waals surface area contributed by atoms with E-state index in [9.17, 15) is 9.18 Å². The number of likely N-dealkylation sites (tertiary alicyclic amines) is 1. The number of aryl methyl sites for hydroxylation is 1.